The van der Waals surface area contributed by atoms with E-state index in [9.17, 15) is 19.5 Å². The largest absolute Gasteiger partial charge is 0.481 e. The Bertz CT molecular complexity index is 1130. The lowest BCUT2D eigenvalue weighted by atomic mass is 9.98. The van der Waals surface area contributed by atoms with E-state index in [0.717, 1.165) is 25.7 Å². The maximum atomic E-state index is 13.3. The fourth-order valence-electron chi connectivity index (χ4n) is 6.76. The van der Waals surface area contributed by atoms with E-state index >= 15 is 0 Å². The number of alkyl carbamates (subject to hydrolysis) is 1. The minimum Gasteiger partial charge on any atom is -0.481 e. The average molecular weight is 475 g/mol. The van der Waals surface area contributed by atoms with E-state index in [4.69, 9.17) is 4.74 Å². The second-order valence-corrected chi connectivity index (χ2v) is 10.4. The fraction of sp³-hybridized carbons (Fsp3) is 0.464. The number of carboxylic acid groups (broad SMARTS) is 1. The molecule has 6 rings (SSSR count). The first-order chi connectivity index (χ1) is 17.0. The number of fused-ring (bicyclic) bond motifs is 4. The molecule has 3 aliphatic carbocycles. The number of amides is 2. The quantitative estimate of drug-likeness (QED) is 0.686. The van der Waals surface area contributed by atoms with Gasteiger partial charge in [0, 0.05) is 25.0 Å². The molecule has 182 valence electrons. The van der Waals surface area contributed by atoms with Crippen LogP contribution in [0.15, 0.2) is 48.5 Å². The van der Waals surface area contributed by atoms with Crippen LogP contribution in [0.3, 0.4) is 0 Å². The number of carboxylic acids is 1. The molecule has 1 aliphatic heterocycles. The number of ether oxygens (including phenoxy) is 1. The Hall–Kier alpha value is -3.35. The first-order valence-electron chi connectivity index (χ1n) is 12.7. The molecule has 7 heteroatoms. The molecular formula is C28H30N2O5. The Labute approximate surface area is 204 Å². The van der Waals surface area contributed by atoms with E-state index in [1.54, 1.807) is 0 Å². The number of aliphatic carboxylic acids is 1. The van der Waals surface area contributed by atoms with Crippen molar-refractivity contribution in [2.45, 2.75) is 37.6 Å². The van der Waals surface area contributed by atoms with Crippen LogP contribution in [-0.4, -0.2) is 53.7 Å². The summed E-state index contributed by atoms with van der Waals surface area (Å²) in [5.41, 5.74) is 4.70. The van der Waals surface area contributed by atoms with Gasteiger partial charge in [0.2, 0.25) is 5.91 Å². The van der Waals surface area contributed by atoms with Crippen molar-refractivity contribution in [3.8, 4) is 11.1 Å². The molecule has 2 N–H and O–H groups in total. The lowest BCUT2D eigenvalue weighted by Gasteiger charge is -2.31. The van der Waals surface area contributed by atoms with Crippen molar-refractivity contribution in [3.63, 3.8) is 0 Å². The molecule has 2 aromatic carbocycles. The van der Waals surface area contributed by atoms with E-state index in [1.807, 2.05) is 29.2 Å². The van der Waals surface area contributed by atoms with Gasteiger partial charge < -0.3 is 20.1 Å². The van der Waals surface area contributed by atoms with Gasteiger partial charge in [-0.05, 0) is 53.4 Å². The van der Waals surface area contributed by atoms with Gasteiger partial charge in [0.25, 0.3) is 0 Å². The summed E-state index contributed by atoms with van der Waals surface area (Å²) in [7, 11) is 0. The highest BCUT2D eigenvalue weighted by Crippen LogP contribution is 2.52. The van der Waals surface area contributed by atoms with Crippen molar-refractivity contribution in [2.24, 2.45) is 23.7 Å². The second-order valence-electron chi connectivity index (χ2n) is 10.4. The minimum atomic E-state index is -0.745. The summed E-state index contributed by atoms with van der Waals surface area (Å²) in [6, 6.07) is 16.2. The first kappa shape index (κ1) is 22.1. The Morgan fingerprint density at radius 2 is 1.63 bits per heavy atom. The molecule has 0 radical (unpaired) electrons. The zero-order valence-corrected chi connectivity index (χ0v) is 19.6. The van der Waals surface area contributed by atoms with Crippen LogP contribution in [0.4, 0.5) is 4.79 Å². The maximum absolute atomic E-state index is 13.3. The van der Waals surface area contributed by atoms with Crippen molar-refractivity contribution in [2.75, 3.05) is 19.7 Å². The second kappa shape index (κ2) is 8.70. The van der Waals surface area contributed by atoms with Crippen molar-refractivity contribution in [1.82, 2.24) is 10.2 Å². The monoisotopic (exact) mass is 474 g/mol. The van der Waals surface area contributed by atoms with Crippen LogP contribution in [-0.2, 0) is 14.3 Å². The zero-order valence-electron chi connectivity index (χ0n) is 19.6. The number of hydrogen-bond donors (Lipinski definition) is 2. The molecular weight excluding hydrogens is 444 g/mol. The van der Waals surface area contributed by atoms with Crippen LogP contribution < -0.4 is 5.32 Å². The Morgan fingerprint density at radius 3 is 2.31 bits per heavy atom. The Kier molecular flexibility index (Phi) is 5.50. The summed E-state index contributed by atoms with van der Waals surface area (Å²) in [5, 5.41) is 12.3. The van der Waals surface area contributed by atoms with Crippen molar-refractivity contribution in [3.05, 3.63) is 59.7 Å². The van der Waals surface area contributed by atoms with Crippen LogP contribution in [0.25, 0.3) is 11.1 Å². The number of likely N-dealkylation sites (tertiary alicyclic amines) is 1. The van der Waals surface area contributed by atoms with E-state index < -0.39 is 12.1 Å². The van der Waals surface area contributed by atoms with Gasteiger partial charge >= 0.3 is 12.1 Å². The molecule has 2 amide bonds. The molecule has 2 aromatic rings. The summed E-state index contributed by atoms with van der Waals surface area (Å²) < 4.78 is 5.70. The molecule has 1 saturated heterocycles. The van der Waals surface area contributed by atoms with Crippen LogP contribution >= 0.6 is 0 Å². The molecule has 0 spiro atoms. The van der Waals surface area contributed by atoms with Crippen molar-refractivity contribution < 1.29 is 24.2 Å². The number of nitrogens with one attached hydrogen (secondary N) is 1. The SMILES string of the molecule is O=C(NC1CCCC1C(=O)N1CCC2C(C1)C2C(=O)O)OCC1c2ccccc2-c2ccccc21. The van der Waals surface area contributed by atoms with Gasteiger partial charge in [0.1, 0.15) is 6.61 Å². The molecule has 5 atom stereocenters. The van der Waals surface area contributed by atoms with Gasteiger partial charge in [-0.15, -0.1) is 0 Å². The smallest absolute Gasteiger partial charge is 0.407 e. The molecule has 0 aromatic heterocycles. The van der Waals surface area contributed by atoms with Gasteiger partial charge in [0.05, 0.1) is 11.8 Å². The molecule has 5 unspecified atom stereocenters. The van der Waals surface area contributed by atoms with E-state index in [1.165, 1.54) is 22.3 Å². The third-order valence-electron chi connectivity index (χ3n) is 8.57. The van der Waals surface area contributed by atoms with Gasteiger partial charge in [-0.2, -0.15) is 0 Å². The molecule has 1 heterocycles. The standard InChI is InChI=1S/C28H30N2O5/c31-26(30-13-12-20-22(14-30)25(20)27(32)33)21-10-5-11-24(21)29-28(34)35-15-23-18-8-3-1-6-16(18)17-7-2-4-9-19(17)23/h1-4,6-9,20-25H,5,10-15H2,(H,29,34)(H,32,33). The molecule has 2 saturated carbocycles. The minimum absolute atomic E-state index is 0.00354. The number of rotatable bonds is 5. The van der Waals surface area contributed by atoms with Gasteiger partial charge in [-0.3, -0.25) is 9.59 Å². The number of nitrogens with zero attached hydrogens (tertiary/aromatic N) is 1. The normalized spacial score (nSPS) is 28.6. The Morgan fingerprint density at radius 1 is 0.943 bits per heavy atom. The number of hydrogen-bond acceptors (Lipinski definition) is 4. The van der Waals surface area contributed by atoms with Crippen molar-refractivity contribution >= 4 is 18.0 Å². The predicted octanol–water partition coefficient (Wildman–Crippen LogP) is 3.87. The molecule has 4 aliphatic rings. The summed E-state index contributed by atoms with van der Waals surface area (Å²) in [6.07, 6.45) is 2.63. The number of piperidine rings is 1. The summed E-state index contributed by atoms with van der Waals surface area (Å²) in [4.78, 5) is 39.2. The highest BCUT2D eigenvalue weighted by atomic mass is 16.5. The highest BCUT2D eigenvalue weighted by Gasteiger charge is 2.57. The molecule has 35 heavy (non-hydrogen) atoms. The Balaban J connectivity index is 1.07. The zero-order chi connectivity index (χ0) is 24.1. The fourth-order valence-corrected chi connectivity index (χ4v) is 6.76. The lowest BCUT2D eigenvalue weighted by Crippen LogP contribution is -2.47. The van der Waals surface area contributed by atoms with Crippen molar-refractivity contribution in [1.29, 1.82) is 0 Å². The highest BCUT2D eigenvalue weighted by molar-refractivity contribution is 5.82. The third-order valence-corrected chi connectivity index (χ3v) is 8.57. The molecule has 3 fully saturated rings. The van der Waals surface area contributed by atoms with Gasteiger partial charge in [-0.25, -0.2) is 4.79 Å². The lowest BCUT2D eigenvalue weighted by molar-refractivity contribution is -0.140. The predicted molar refractivity (Wildman–Crippen MR) is 129 cm³/mol. The van der Waals surface area contributed by atoms with Crippen LogP contribution in [0.2, 0.25) is 0 Å². The van der Waals surface area contributed by atoms with E-state index in [2.05, 4.69) is 29.6 Å². The summed E-state index contributed by atoms with van der Waals surface area (Å²) >= 11 is 0. The van der Waals surface area contributed by atoms with Crippen LogP contribution in [0, 0.1) is 23.7 Å². The van der Waals surface area contributed by atoms with E-state index in [-0.39, 0.29) is 48.1 Å². The summed E-state index contributed by atoms with van der Waals surface area (Å²) in [6.45, 7) is 1.38. The summed E-state index contributed by atoms with van der Waals surface area (Å²) in [5.74, 6) is -0.975. The number of carbonyl (C=O) groups is 3. The average Bonchev–Trinajstić information content (AvgIpc) is 3.27. The van der Waals surface area contributed by atoms with Gasteiger partial charge in [0.15, 0.2) is 0 Å². The van der Waals surface area contributed by atoms with Gasteiger partial charge in [-0.1, -0.05) is 55.0 Å². The van der Waals surface area contributed by atoms with Crippen LogP contribution in [0.1, 0.15) is 42.7 Å². The number of benzene rings is 2. The maximum Gasteiger partial charge on any atom is 0.407 e. The first-order valence-corrected chi connectivity index (χ1v) is 12.7. The topological polar surface area (TPSA) is 95.9 Å². The molecule has 0 bridgehead atoms. The van der Waals surface area contributed by atoms with E-state index in [0.29, 0.717) is 13.1 Å². The molecule has 7 nitrogen and oxygen atoms in total. The van der Waals surface area contributed by atoms with Crippen LogP contribution in [0.5, 0.6) is 0 Å². The number of carbonyl (C=O) groups excluding carboxylic acids is 2. The third kappa shape index (κ3) is 3.87.